The van der Waals surface area contributed by atoms with Crippen molar-refractivity contribution in [3.63, 3.8) is 0 Å². The van der Waals surface area contributed by atoms with Gasteiger partial charge >= 0.3 is 0 Å². The summed E-state index contributed by atoms with van der Waals surface area (Å²) in [6.07, 6.45) is 8.02. The van der Waals surface area contributed by atoms with Crippen LogP contribution in [0.3, 0.4) is 0 Å². The first-order valence-corrected chi connectivity index (χ1v) is 6.95. The van der Waals surface area contributed by atoms with Gasteiger partial charge in [0.15, 0.2) is 0 Å². The second-order valence-electron chi connectivity index (χ2n) is 5.39. The van der Waals surface area contributed by atoms with Gasteiger partial charge in [-0.05, 0) is 37.3 Å². The Morgan fingerprint density at radius 1 is 1.18 bits per heavy atom. The maximum Gasteiger partial charge on any atom is 0.0610 e. The molecule has 0 unspecified atom stereocenters. The van der Waals surface area contributed by atoms with E-state index in [9.17, 15) is 0 Å². The third-order valence-corrected chi connectivity index (χ3v) is 4.31. The highest BCUT2D eigenvalue weighted by Crippen LogP contribution is 2.35. The van der Waals surface area contributed by atoms with Crippen molar-refractivity contribution in [1.29, 1.82) is 0 Å². The SMILES string of the molecule is CN(c1cccc2c1NCCC2)C1CCCC1. The molecule has 2 nitrogen and oxygen atoms in total. The number of hydrogen-bond donors (Lipinski definition) is 1. The molecule has 1 aromatic carbocycles. The number of benzene rings is 1. The van der Waals surface area contributed by atoms with E-state index in [2.05, 4.69) is 35.5 Å². The lowest BCUT2D eigenvalue weighted by molar-refractivity contribution is 0.652. The quantitative estimate of drug-likeness (QED) is 0.837. The monoisotopic (exact) mass is 230 g/mol. The number of para-hydroxylation sites is 1. The summed E-state index contributed by atoms with van der Waals surface area (Å²) in [7, 11) is 2.27. The molecule has 1 fully saturated rings. The van der Waals surface area contributed by atoms with Gasteiger partial charge < -0.3 is 10.2 Å². The zero-order valence-electron chi connectivity index (χ0n) is 10.7. The van der Waals surface area contributed by atoms with Gasteiger partial charge in [0, 0.05) is 19.6 Å². The summed E-state index contributed by atoms with van der Waals surface area (Å²) in [6, 6.07) is 7.51. The molecule has 92 valence electrons. The second kappa shape index (κ2) is 4.59. The lowest BCUT2D eigenvalue weighted by atomic mass is 10.0. The van der Waals surface area contributed by atoms with Crippen molar-refractivity contribution in [1.82, 2.24) is 0 Å². The van der Waals surface area contributed by atoms with Crippen LogP contribution >= 0.6 is 0 Å². The summed E-state index contributed by atoms with van der Waals surface area (Å²) in [5, 5.41) is 3.59. The number of fused-ring (bicyclic) bond motifs is 1. The van der Waals surface area contributed by atoms with E-state index in [-0.39, 0.29) is 0 Å². The average Bonchev–Trinajstić information content (AvgIpc) is 2.91. The van der Waals surface area contributed by atoms with Crippen LogP contribution < -0.4 is 10.2 Å². The first-order valence-electron chi connectivity index (χ1n) is 6.95. The molecular formula is C15H22N2. The first kappa shape index (κ1) is 10.9. The first-order chi connectivity index (χ1) is 8.36. The summed E-state index contributed by atoms with van der Waals surface area (Å²) in [5.41, 5.74) is 4.31. The highest BCUT2D eigenvalue weighted by atomic mass is 15.2. The van der Waals surface area contributed by atoms with Crippen LogP contribution in [0, 0.1) is 0 Å². The third kappa shape index (κ3) is 2.01. The molecule has 2 heteroatoms. The lowest BCUT2D eigenvalue weighted by Crippen LogP contribution is -2.30. The van der Waals surface area contributed by atoms with E-state index in [1.165, 1.54) is 55.5 Å². The number of anilines is 2. The van der Waals surface area contributed by atoms with E-state index in [1.807, 2.05) is 0 Å². The Labute approximate surface area is 104 Å². The van der Waals surface area contributed by atoms with Crippen molar-refractivity contribution >= 4 is 11.4 Å². The lowest BCUT2D eigenvalue weighted by Gasteiger charge is -2.31. The van der Waals surface area contributed by atoms with Crippen molar-refractivity contribution < 1.29 is 0 Å². The molecule has 0 aromatic heterocycles. The number of nitrogens with one attached hydrogen (secondary N) is 1. The minimum atomic E-state index is 0.755. The molecule has 0 saturated heterocycles. The second-order valence-corrected chi connectivity index (χ2v) is 5.39. The molecule has 1 N–H and O–H groups in total. The number of hydrogen-bond acceptors (Lipinski definition) is 2. The fourth-order valence-electron chi connectivity index (χ4n) is 3.27. The molecule has 0 spiro atoms. The van der Waals surface area contributed by atoms with Crippen LogP contribution in [0.4, 0.5) is 11.4 Å². The normalized spacial score (nSPS) is 19.8. The van der Waals surface area contributed by atoms with Gasteiger partial charge in [-0.3, -0.25) is 0 Å². The Bertz CT molecular complexity index is 394. The van der Waals surface area contributed by atoms with Gasteiger partial charge in [-0.2, -0.15) is 0 Å². The Kier molecular flexibility index (Phi) is 2.96. The van der Waals surface area contributed by atoms with Gasteiger partial charge in [0.05, 0.1) is 11.4 Å². The maximum atomic E-state index is 3.59. The average molecular weight is 230 g/mol. The van der Waals surface area contributed by atoms with Crippen molar-refractivity contribution in [2.45, 2.75) is 44.6 Å². The summed E-state index contributed by atoms with van der Waals surface area (Å²) in [6.45, 7) is 1.13. The topological polar surface area (TPSA) is 15.3 Å². The predicted molar refractivity (Wildman–Crippen MR) is 73.9 cm³/mol. The molecule has 17 heavy (non-hydrogen) atoms. The molecule has 1 aliphatic heterocycles. The van der Waals surface area contributed by atoms with E-state index >= 15 is 0 Å². The molecule has 1 saturated carbocycles. The minimum absolute atomic E-state index is 0.755. The molecule has 2 aliphatic rings. The Morgan fingerprint density at radius 2 is 2.00 bits per heavy atom. The minimum Gasteiger partial charge on any atom is -0.383 e. The molecule has 1 aliphatic carbocycles. The van der Waals surface area contributed by atoms with Gasteiger partial charge in [0.2, 0.25) is 0 Å². The molecular weight excluding hydrogens is 208 g/mol. The predicted octanol–water partition coefficient (Wildman–Crippen LogP) is 3.42. The van der Waals surface area contributed by atoms with E-state index in [0.717, 1.165) is 12.6 Å². The Hall–Kier alpha value is -1.18. The Balaban J connectivity index is 1.91. The van der Waals surface area contributed by atoms with E-state index < -0.39 is 0 Å². The van der Waals surface area contributed by atoms with Crippen LogP contribution in [-0.4, -0.2) is 19.6 Å². The van der Waals surface area contributed by atoms with Crippen molar-refractivity contribution in [3.8, 4) is 0 Å². The standard InChI is InChI=1S/C15H22N2/c1-17(13-8-2-3-9-13)14-10-4-6-12-7-5-11-16-15(12)14/h4,6,10,13,16H,2-3,5,7-9,11H2,1H3. The highest BCUT2D eigenvalue weighted by Gasteiger charge is 2.23. The van der Waals surface area contributed by atoms with E-state index in [1.54, 1.807) is 0 Å². The molecule has 0 amide bonds. The van der Waals surface area contributed by atoms with E-state index in [4.69, 9.17) is 0 Å². The summed E-state index contributed by atoms with van der Waals surface area (Å²) >= 11 is 0. The van der Waals surface area contributed by atoms with Crippen LogP contribution in [0.15, 0.2) is 18.2 Å². The van der Waals surface area contributed by atoms with Gasteiger partial charge in [-0.15, -0.1) is 0 Å². The maximum absolute atomic E-state index is 3.59. The van der Waals surface area contributed by atoms with Crippen LogP contribution in [0.5, 0.6) is 0 Å². The number of aryl methyl sites for hydroxylation is 1. The number of rotatable bonds is 2. The van der Waals surface area contributed by atoms with Crippen LogP contribution in [0.25, 0.3) is 0 Å². The van der Waals surface area contributed by atoms with Crippen LogP contribution in [0.2, 0.25) is 0 Å². The molecule has 3 rings (SSSR count). The fourth-order valence-corrected chi connectivity index (χ4v) is 3.27. The molecule has 0 atom stereocenters. The molecule has 0 bridgehead atoms. The van der Waals surface area contributed by atoms with Gasteiger partial charge in [-0.25, -0.2) is 0 Å². The molecule has 0 radical (unpaired) electrons. The van der Waals surface area contributed by atoms with Crippen LogP contribution in [-0.2, 0) is 6.42 Å². The summed E-state index contributed by atoms with van der Waals surface area (Å²) in [4.78, 5) is 2.50. The fraction of sp³-hybridized carbons (Fsp3) is 0.600. The number of nitrogens with zero attached hydrogens (tertiary/aromatic N) is 1. The van der Waals surface area contributed by atoms with Gasteiger partial charge in [0.1, 0.15) is 0 Å². The zero-order chi connectivity index (χ0) is 11.7. The van der Waals surface area contributed by atoms with Crippen molar-refractivity contribution in [3.05, 3.63) is 23.8 Å². The summed E-state index contributed by atoms with van der Waals surface area (Å²) < 4.78 is 0. The summed E-state index contributed by atoms with van der Waals surface area (Å²) in [5.74, 6) is 0. The zero-order valence-corrected chi connectivity index (χ0v) is 10.7. The molecule has 1 heterocycles. The highest BCUT2D eigenvalue weighted by molar-refractivity contribution is 5.74. The van der Waals surface area contributed by atoms with E-state index in [0.29, 0.717) is 0 Å². The largest absolute Gasteiger partial charge is 0.383 e. The molecule has 1 aromatic rings. The van der Waals surface area contributed by atoms with Gasteiger partial charge in [0.25, 0.3) is 0 Å². The van der Waals surface area contributed by atoms with Gasteiger partial charge in [-0.1, -0.05) is 25.0 Å². The van der Waals surface area contributed by atoms with Crippen molar-refractivity contribution in [2.75, 3.05) is 23.8 Å². The third-order valence-electron chi connectivity index (χ3n) is 4.31. The smallest absolute Gasteiger partial charge is 0.0610 e. The Morgan fingerprint density at radius 3 is 2.82 bits per heavy atom. The van der Waals surface area contributed by atoms with Crippen LogP contribution in [0.1, 0.15) is 37.7 Å². The van der Waals surface area contributed by atoms with Crippen molar-refractivity contribution in [2.24, 2.45) is 0 Å².